The number of nitrogens with zero attached hydrogens (tertiary/aromatic N) is 1. The average molecular weight is 371 g/mol. The molecule has 3 rings (SSSR count). The molecule has 8 heteroatoms. The predicted molar refractivity (Wildman–Crippen MR) is 83.7 cm³/mol. The Labute approximate surface area is 146 Å². The van der Waals surface area contributed by atoms with E-state index in [4.69, 9.17) is 4.74 Å². The summed E-state index contributed by atoms with van der Waals surface area (Å²) in [6.45, 7) is -1.37. The molecule has 0 aromatic heterocycles. The van der Waals surface area contributed by atoms with Crippen molar-refractivity contribution >= 4 is 5.90 Å². The summed E-state index contributed by atoms with van der Waals surface area (Å²) in [4.78, 5) is 4.21. The van der Waals surface area contributed by atoms with E-state index >= 15 is 0 Å². The van der Waals surface area contributed by atoms with Crippen molar-refractivity contribution in [2.75, 3.05) is 13.2 Å². The maximum atomic E-state index is 13.8. The first kappa shape index (κ1) is 18.3. The van der Waals surface area contributed by atoms with Crippen LogP contribution in [0.5, 0.6) is 0 Å². The minimum atomic E-state index is -4.37. The van der Waals surface area contributed by atoms with Crippen LogP contribution < -0.4 is 0 Å². The first-order valence-corrected chi connectivity index (χ1v) is 7.72. The minimum absolute atomic E-state index is 0.108. The van der Waals surface area contributed by atoms with Gasteiger partial charge in [-0.15, -0.1) is 0 Å². The van der Waals surface area contributed by atoms with E-state index in [-0.39, 0.29) is 24.7 Å². The fourth-order valence-corrected chi connectivity index (χ4v) is 2.50. The third-order valence-corrected chi connectivity index (χ3v) is 3.73. The maximum absolute atomic E-state index is 13.8. The molecule has 0 bridgehead atoms. The molecule has 0 aliphatic carbocycles. The van der Waals surface area contributed by atoms with Crippen LogP contribution in [0.25, 0.3) is 0 Å². The topological polar surface area (TPSA) is 30.8 Å². The van der Waals surface area contributed by atoms with E-state index in [0.29, 0.717) is 5.56 Å². The first-order chi connectivity index (χ1) is 12.3. The summed E-state index contributed by atoms with van der Waals surface area (Å²) >= 11 is 0. The lowest BCUT2D eigenvalue weighted by Crippen LogP contribution is -2.16. The summed E-state index contributed by atoms with van der Waals surface area (Å²) in [7, 11) is 0. The maximum Gasteiger partial charge on any atom is 0.411 e. The molecule has 1 atom stereocenters. The van der Waals surface area contributed by atoms with Crippen molar-refractivity contribution in [2.24, 2.45) is 4.99 Å². The molecule has 0 spiro atoms. The molecule has 0 saturated heterocycles. The van der Waals surface area contributed by atoms with Crippen LogP contribution in [0.3, 0.4) is 0 Å². The lowest BCUT2D eigenvalue weighted by Gasteiger charge is -2.09. The molecule has 0 amide bonds. The third-order valence-electron chi connectivity index (χ3n) is 3.73. The minimum Gasteiger partial charge on any atom is -0.475 e. The van der Waals surface area contributed by atoms with Crippen LogP contribution in [-0.4, -0.2) is 25.3 Å². The highest BCUT2D eigenvalue weighted by molar-refractivity contribution is 5.95. The van der Waals surface area contributed by atoms with E-state index in [1.54, 1.807) is 24.3 Å². The van der Waals surface area contributed by atoms with Crippen LogP contribution in [0, 0.1) is 11.6 Å². The Hall–Kier alpha value is -2.48. The van der Waals surface area contributed by atoms with E-state index in [1.165, 1.54) is 6.07 Å². The molecule has 0 N–H and O–H groups in total. The summed E-state index contributed by atoms with van der Waals surface area (Å²) in [5.41, 5.74) is 0.977. The predicted octanol–water partition coefficient (Wildman–Crippen LogP) is 4.56. The molecule has 1 aliphatic rings. The van der Waals surface area contributed by atoms with Gasteiger partial charge in [0.05, 0.1) is 6.61 Å². The molecular formula is C18H14F5NO2. The van der Waals surface area contributed by atoms with Gasteiger partial charge in [-0.3, -0.25) is 0 Å². The van der Waals surface area contributed by atoms with Crippen LogP contribution >= 0.6 is 0 Å². The van der Waals surface area contributed by atoms with Crippen molar-refractivity contribution in [3.63, 3.8) is 0 Å². The van der Waals surface area contributed by atoms with Crippen molar-refractivity contribution in [3.8, 4) is 0 Å². The summed E-state index contributed by atoms with van der Waals surface area (Å²) in [6, 6.07) is 9.61. The Morgan fingerprint density at radius 1 is 1.04 bits per heavy atom. The van der Waals surface area contributed by atoms with E-state index < -0.39 is 30.5 Å². The monoisotopic (exact) mass is 371 g/mol. The second-order valence-corrected chi connectivity index (χ2v) is 5.71. The zero-order valence-electron chi connectivity index (χ0n) is 13.4. The van der Waals surface area contributed by atoms with Crippen molar-refractivity contribution in [1.29, 1.82) is 0 Å². The highest BCUT2D eigenvalue weighted by Gasteiger charge is 2.28. The fraction of sp³-hybridized carbons (Fsp3) is 0.278. The highest BCUT2D eigenvalue weighted by Crippen LogP contribution is 2.27. The SMILES string of the molecule is Fc1cccc(F)c1C1=NC(c2ccc(COCC(F)(F)F)cc2)CO1. The number of alkyl halides is 3. The Morgan fingerprint density at radius 3 is 2.31 bits per heavy atom. The van der Waals surface area contributed by atoms with Crippen molar-refractivity contribution in [1.82, 2.24) is 0 Å². The standard InChI is InChI=1S/C18H14F5NO2/c19-13-2-1-3-14(20)16(13)17-24-15(9-26-17)12-6-4-11(5-7-12)8-25-10-18(21,22)23/h1-7,15H,8-10H2. The van der Waals surface area contributed by atoms with Crippen LogP contribution in [0.15, 0.2) is 47.5 Å². The van der Waals surface area contributed by atoms with Crippen LogP contribution in [-0.2, 0) is 16.1 Å². The lowest BCUT2D eigenvalue weighted by atomic mass is 10.1. The molecule has 1 heterocycles. The molecule has 1 unspecified atom stereocenters. The van der Waals surface area contributed by atoms with Gasteiger partial charge in [-0.2, -0.15) is 13.2 Å². The van der Waals surface area contributed by atoms with E-state index in [0.717, 1.165) is 17.7 Å². The zero-order chi connectivity index (χ0) is 18.7. The van der Waals surface area contributed by atoms with Crippen LogP contribution in [0.2, 0.25) is 0 Å². The van der Waals surface area contributed by atoms with Crippen molar-refractivity contribution < 1.29 is 31.4 Å². The molecule has 0 saturated carbocycles. The first-order valence-electron chi connectivity index (χ1n) is 7.72. The summed E-state index contributed by atoms with van der Waals surface area (Å²) < 4.78 is 73.7. The fourth-order valence-electron chi connectivity index (χ4n) is 2.50. The van der Waals surface area contributed by atoms with Gasteiger partial charge in [0.2, 0.25) is 5.90 Å². The smallest absolute Gasteiger partial charge is 0.411 e. The Morgan fingerprint density at radius 2 is 1.69 bits per heavy atom. The summed E-state index contributed by atoms with van der Waals surface area (Å²) in [5.74, 6) is -1.63. The molecule has 138 valence electrons. The van der Waals surface area contributed by atoms with Crippen molar-refractivity contribution in [3.05, 3.63) is 70.8 Å². The van der Waals surface area contributed by atoms with Gasteiger partial charge in [0.1, 0.15) is 36.5 Å². The number of halogens is 5. The van der Waals surface area contributed by atoms with Gasteiger partial charge in [-0.25, -0.2) is 13.8 Å². The Kier molecular flexibility index (Phi) is 5.22. The van der Waals surface area contributed by atoms with Gasteiger partial charge in [-0.1, -0.05) is 30.3 Å². The van der Waals surface area contributed by atoms with Gasteiger partial charge >= 0.3 is 6.18 Å². The van der Waals surface area contributed by atoms with E-state index in [9.17, 15) is 22.0 Å². The van der Waals surface area contributed by atoms with Crippen LogP contribution in [0.1, 0.15) is 22.7 Å². The normalized spacial score (nSPS) is 17.1. The van der Waals surface area contributed by atoms with Gasteiger partial charge in [0.25, 0.3) is 0 Å². The van der Waals surface area contributed by atoms with Gasteiger partial charge in [0.15, 0.2) is 0 Å². The number of aliphatic imine (C=N–C) groups is 1. The number of rotatable bonds is 5. The van der Waals surface area contributed by atoms with Gasteiger partial charge < -0.3 is 9.47 Å². The van der Waals surface area contributed by atoms with Gasteiger partial charge in [-0.05, 0) is 23.3 Å². The number of hydrogen-bond donors (Lipinski definition) is 0. The molecular weight excluding hydrogens is 357 g/mol. The second-order valence-electron chi connectivity index (χ2n) is 5.71. The lowest BCUT2D eigenvalue weighted by molar-refractivity contribution is -0.176. The average Bonchev–Trinajstić information content (AvgIpc) is 3.04. The van der Waals surface area contributed by atoms with Crippen LogP contribution in [0.4, 0.5) is 22.0 Å². The zero-order valence-corrected chi connectivity index (χ0v) is 13.4. The molecule has 3 nitrogen and oxygen atoms in total. The summed E-state index contributed by atoms with van der Waals surface area (Å²) in [6.07, 6.45) is -4.37. The van der Waals surface area contributed by atoms with E-state index in [1.807, 2.05) is 0 Å². The quantitative estimate of drug-likeness (QED) is 0.722. The molecule has 0 radical (unpaired) electrons. The number of hydrogen-bond acceptors (Lipinski definition) is 3. The Bertz CT molecular complexity index is 782. The largest absolute Gasteiger partial charge is 0.475 e. The van der Waals surface area contributed by atoms with E-state index in [2.05, 4.69) is 9.73 Å². The molecule has 0 fully saturated rings. The number of benzene rings is 2. The molecule has 1 aliphatic heterocycles. The summed E-state index contributed by atoms with van der Waals surface area (Å²) in [5, 5.41) is 0. The third kappa shape index (κ3) is 4.37. The highest BCUT2D eigenvalue weighted by atomic mass is 19.4. The van der Waals surface area contributed by atoms with Gasteiger partial charge in [0, 0.05) is 0 Å². The molecule has 2 aromatic rings. The molecule has 26 heavy (non-hydrogen) atoms. The Balaban J connectivity index is 1.68. The second kappa shape index (κ2) is 7.41. The van der Waals surface area contributed by atoms with Crippen molar-refractivity contribution in [2.45, 2.75) is 18.8 Å². The number of ether oxygens (including phenoxy) is 2. The molecule has 2 aromatic carbocycles.